The first kappa shape index (κ1) is 25.5. The van der Waals surface area contributed by atoms with Gasteiger partial charge in [-0.05, 0) is 27.7 Å². The van der Waals surface area contributed by atoms with Crippen molar-refractivity contribution in [1.82, 2.24) is 20.3 Å². The van der Waals surface area contributed by atoms with E-state index in [4.69, 9.17) is 24.2 Å². The molecule has 3 fully saturated rings. The van der Waals surface area contributed by atoms with E-state index in [9.17, 15) is 4.79 Å². The molecule has 0 aromatic carbocycles. The Balaban J connectivity index is 1.60. The molecule has 3 aliphatic heterocycles. The number of ether oxygens (including phenoxy) is 3. The maximum absolute atomic E-state index is 12.5. The smallest absolute Gasteiger partial charge is 0.410 e. The number of anilines is 3. The van der Waals surface area contributed by atoms with Crippen LogP contribution in [0.25, 0.3) is 6.08 Å². The van der Waals surface area contributed by atoms with Crippen molar-refractivity contribution < 1.29 is 19.0 Å². The first-order valence-electron chi connectivity index (χ1n) is 12.2. The van der Waals surface area contributed by atoms with Crippen LogP contribution in [0.15, 0.2) is 6.58 Å². The van der Waals surface area contributed by atoms with Gasteiger partial charge in [0.2, 0.25) is 5.95 Å². The van der Waals surface area contributed by atoms with E-state index in [1.165, 1.54) is 0 Å². The third-order valence-electron chi connectivity index (χ3n) is 6.53. The number of nitrogens with one attached hydrogen (secondary N) is 1. The van der Waals surface area contributed by atoms with Crippen LogP contribution in [0.3, 0.4) is 0 Å². The number of hydrazine groups is 1. The largest absolute Gasteiger partial charge is 0.444 e. The number of hydrogen-bond donors (Lipinski definition) is 1. The summed E-state index contributed by atoms with van der Waals surface area (Å²) in [6.45, 7) is 16.6. The summed E-state index contributed by atoms with van der Waals surface area (Å²) in [6, 6.07) is 0.183. The van der Waals surface area contributed by atoms with Crippen molar-refractivity contribution in [2.24, 2.45) is 0 Å². The van der Waals surface area contributed by atoms with Crippen LogP contribution < -0.4 is 20.2 Å². The third-order valence-corrected chi connectivity index (χ3v) is 6.53. The number of aromatic nitrogens is 2. The monoisotopic (exact) mass is 489 g/mol. The summed E-state index contributed by atoms with van der Waals surface area (Å²) in [5.74, 6) is 2.24. The molecule has 0 aliphatic carbocycles. The Morgan fingerprint density at radius 1 is 1.26 bits per heavy atom. The van der Waals surface area contributed by atoms with Gasteiger partial charge in [-0.2, -0.15) is 9.97 Å². The van der Waals surface area contributed by atoms with Gasteiger partial charge in [-0.1, -0.05) is 12.7 Å². The Bertz CT molecular complexity index is 945. The Kier molecular flexibility index (Phi) is 7.12. The fourth-order valence-electron chi connectivity index (χ4n) is 4.69. The number of morpholine rings is 2. The molecular formula is C24H39N7O4. The number of nitrogens with zero attached hydrogens (tertiary/aromatic N) is 6. The highest BCUT2D eigenvalue weighted by Gasteiger charge is 2.50. The number of amides is 1. The van der Waals surface area contributed by atoms with Crippen molar-refractivity contribution in [3.63, 3.8) is 0 Å². The van der Waals surface area contributed by atoms with E-state index in [-0.39, 0.29) is 12.1 Å². The minimum absolute atomic E-state index is 0.183. The highest BCUT2D eigenvalue weighted by molar-refractivity contribution is 5.75. The van der Waals surface area contributed by atoms with Crippen LogP contribution in [0.2, 0.25) is 0 Å². The Labute approximate surface area is 208 Å². The third kappa shape index (κ3) is 5.31. The summed E-state index contributed by atoms with van der Waals surface area (Å²) in [7, 11) is 3.78. The predicted molar refractivity (Wildman–Crippen MR) is 136 cm³/mol. The lowest BCUT2D eigenvalue weighted by molar-refractivity contribution is -0.144. The van der Waals surface area contributed by atoms with Crippen molar-refractivity contribution >= 4 is 29.8 Å². The van der Waals surface area contributed by atoms with E-state index in [0.29, 0.717) is 51.9 Å². The van der Waals surface area contributed by atoms with E-state index in [0.717, 1.165) is 23.7 Å². The van der Waals surface area contributed by atoms with Crippen molar-refractivity contribution in [3.05, 3.63) is 12.1 Å². The van der Waals surface area contributed by atoms with Gasteiger partial charge in [0, 0.05) is 27.2 Å². The first-order chi connectivity index (χ1) is 16.6. The molecule has 4 rings (SSSR count). The molecule has 1 spiro atoms. The minimum atomic E-state index is -0.525. The van der Waals surface area contributed by atoms with Crippen LogP contribution in [0.4, 0.5) is 22.4 Å². The highest BCUT2D eigenvalue weighted by atomic mass is 16.6. The number of carbonyl (C=O) groups excluding carboxylic acids is 1. The van der Waals surface area contributed by atoms with E-state index in [1.807, 2.05) is 46.0 Å². The van der Waals surface area contributed by atoms with Gasteiger partial charge in [-0.25, -0.2) is 10.2 Å². The maximum Gasteiger partial charge on any atom is 0.410 e. The predicted octanol–water partition coefficient (Wildman–Crippen LogP) is 1.74. The minimum Gasteiger partial charge on any atom is -0.444 e. The van der Waals surface area contributed by atoms with Crippen LogP contribution >= 0.6 is 0 Å². The topological polar surface area (TPSA) is 95.5 Å². The molecule has 4 heterocycles. The van der Waals surface area contributed by atoms with Crippen LogP contribution in [0, 0.1) is 0 Å². The SMILES string of the molecule is C=Cc1c(N(C)NC)nc(N2CCOC3(CN(C(=O)OC(C)(C)C)C3)C2)nc1N1CCOC[C@@H]1C. The zero-order chi connectivity index (χ0) is 25.4. The Morgan fingerprint density at radius 3 is 2.63 bits per heavy atom. The fourth-order valence-corrected chi connectivity index (χ4v) is 4.69. The number of hydrogen-bond acceptors (Lipinski definition) is 10. The number of carbonyl (C=O) groups is 1. The molecule has 0 unspecified atom stereocenters. The Morgan fingerprint density at radius 2 is 2.00 bits per heavy atom. The van der Waals surface area contributed by atoms with Gasteiger partial charge < -0.3 is 28.9 Å². The summed E-state index contributed by atoms with van der Waals surface area (Å²) in [5, 5.41) is 1.88. The molecule has 0 saturated carbocycles. The molecule has 1 aromatic heterocycles. The molecule has 0 bridgehead atoms. The van der Waals surface area contributed by atoms with Crippen LogP contribution in [0.1, 0.15) is 33.3 Å². The maximum atomic E-state index is 12.5. The average molecular weight is 490 g/mol. The second-order valence-electron chi connectivity index (χ2n) is 10.5. The van der Waals surface area contributed by atoms with E-state index in [1.54, 1.807) is 4.90 Å². The van der Waals surface area contributed by atoms with E-state index >= 15 is 0 Å². The van der Waals surface area contributed by atoms with Crippen molar-refractivity contribution in [1.29, 1.82) is 0 Å². The lowest BCUT2D eigenvalue weighted by Crippen LogP contribution is -2.71. The molecule has 1 atom stereocenters. The standard InChI is InChI=1S/C24H39N7O4/c1-8-18-19(28(7)25-6)26-21(27-20(18)31-10-11-33-13-17(31)2)29-9-12-34-24(14-29)15-30(16-24)22(32)35-23(3,4)5/h8,17,25H,1,9-16H2,2-7H3/t17-/m0/s1. The molecule has 35 heavy (non-hydrogen) atoms. The molecule has 1 aromatic rings. The lowest BCUT2D eigenvalue weighted by atomic mass is 9.92. The van der Waals surface area contributed by atoms with Gasteiger partial charge in [0.05, 0.1) is 51.1 Å². The number of likely N-dealkylation sites (tertiary alicyclic amines) is 1. The van der Waals surface area contributed by atoms with Gasteiger partial charge in [0.15, 0.2) is 5.82 Å². The Hall–Kier alpha value is -2.63. The fraction of sp³-hybridized carbons (Fsp3) is 0.708. The van der Waals surface area contributed by atoms with E-state index < -0.39 is 11.2 Å². The molecule has 194 valence electrons. The second kappa shape index (κ2) is 9.79. The van der Waals surface area contributed by atoms with Gasteiger partial charge in [-0.3, -0.25) is 5.01 Å². The molecular weight excluding hydrogens is 450 g/mol. The molecule has 11 nitrogen and oxygen atoms in total. The number of rotatable bonds is 5. The average Bonchev–Trinajstić information content (AvgIpc) is 2.80. The lowest BCUT2D eigenvalue weighted by Gasteiger charge is -2.53. The van der Waals surface area contributed by atoms with Crippen LogP contribution in [-0.2, 0) is 14.2 Å². The molecule has 3 aliphatic rings. The van der Waals surface area contributed by atoms with Gasteiger partial charge in [0.1, 0.15) is 17.0 Å². The van der Waals surface area contributed by atoms with Crippen LogP contribution in [0.5, 0.6) is 0 Å². The van der Waals surface area contributed by atoms with Gasteiger partial charge >= 0.3 is 6.09 Å². The van der Waals surface area contributed by atoms with Crippen LogP contribution in [-0.4, -0.2) is 105 Å². The van der Waals surface area contributed by atoms with Gasteiger partial charge in [0.25, 0.3) is 0 Å². The highest BCUT2D eigenvalue weighted by Crippen LogP contribution is 2.35. The summed E-state index contributed by atoms with van der Waals surface area (Å²) >= 11 is 0. The summed E-state index contributed by atoms with van der Waals surface area (Å²) in [5.41, 5.74) is 3.06. The molecule has 3 saturated heterocycles. The van der Waals surface area contributed by atoms with Crippen molar-refractivity contribution in [2.45, 2.75) is 44.9 Å². The second-order valence-corrected chi connectivity index (χ2v) is 10.5. The molecule has 1 N–H and O–H groups in total. The summed E-state index contributed by atoms with van der Waals surface area (Å²) in [4.78, 5) is 28.6. The first-order valence-corrected chi connectivity index (χ1v) is 12.2. The van der Waals surface area contributed by atoms with Crippen molar-refractivity contribution in [3.8, 4) is 0 Å². The zero-order valence-electron chi connectivity index (χ0n) is 21.8. The molecule has 1 amide bonds. The molecule has 0 radical (unpaired) electrons. The van der Waals surface area contributed by atoms with Gasteiger partial charge in [-0.15, -0.1) is 0 Å². The summed E-state index contributed by atoms with van der Waals surface area (Å²) < 4.78 is 17.3. The quantitative estimate of drug-likeness (QED) is 0.616. The van der Waals surface area contributed by atoms with Crippen molar-refractivity contribution in [2.75, 3.05) is 81.4 Å². The summed E-state index contributed by atoms with van der Waals surface area (Å²) in [6.07, 6.45) is 1.51. The normalized spacial score (nSPS) is 22.1. The molecule has 11 heteroatoms. The van der Waals surface area contributed by atoms with E-state index in [2.05, 4.69) is 28.7 Å². The zero-order valence-corrected chi connectivity index (χ0v) is 21.8.